The Balaban J connectivity index is 1.51. The number of nitrogens with one attached hydrogen (secondary N) is 2. The van der Waals surface area contributed by atoms with E-state index in [2.05, 4.69) is 30.2 Å². The Morgan fingerprint density at radius 1 is 1.27 bits per heavy atom. The molecule has 7 nitrogen and oxygen atoms in total. The lowest BCUT2D eigenvalue weighted by Gasteiger charge is -2.32. The molecule has 1 amide bonds. The van der Waals surface area contributed by atoms with Crippen molar-refractivity contribution in [3.05, 3.63) is 40.9 Å². The van der Waals surface area contributed by atoms with Crippen molar-refractivity contribution < 1.29 is 4.79 Å². The van der Waals surface area contributed by atoms with Crippen molar-refractivity contribution in [3.63, 3.8) is 0 Å². The van der Waals surface area contributed by atoms with Crippen LogP contribution in [0.25, 0.3) is 11.2 Å². The predicted octanol–water partition coefficient (Wildman–Crippen LogP) is 3.51. The van der Waals surface area contributed by atoms with Crippen molar-refractivity contribution in [1.82, 2.24) is 19.9 Å². The van der Waals surface area contributed by atoms with Crippen LogP contribution in [0, 0.1) is 5.92 Å². The summed E-state index contributed by atoms with van der Waals surface area (Å²) >= 11 is 12.1. The van der Waals surface area contributed by atoms with Crippen LogP contribution in [0.15, 0.2) is 30.9 Å². The van der Waals surface area contributed by atoms with Crippen molar-refractivity contribution in [3.8, 4) is 0 Å². The Morgan fingerprint density at radius 3 is 3.00 bits per heavy atom. The van der Waals surface area contributed by atoms with Crippen LogP contribution < -0.4 is 10.2 Å². The third-order valence-electron chi connectivity index (χ3n) is 4.48. The fraction of sp³-hybridized carbons (Fsp3) is 0.294. The number of aromatic nitrogens is 4. The SMILES string of the molecule is O=C(Nc1ccc(Cl)cc1Cl)C1CCCN(c2ncnc3nc[nH]c23)C1. The van der Waals surface area contributed by atoms with Crippen molar-refractivity contribution in [2.75, 3.05) is 23.3 Å². The molecule has 0 aliphatic carbocycles. The molecule has 0 saturated carbocycles. The van der Waals surface area contributed by atoms with E-state index in [0.717, 1.165) is 30.7 Å². The fourth-order valence-corrected chi connectivity index (χ4v) is 3.66. The number of hydrogen-bond acceptors (Lipinski definition) is 5. The average Bonchev–Trinajstić information content (AvgIpc) is 3.13. The monoisotopic (exact) mass is 390 g/mol. The van der Waals surface area contributed by atoms with Gasteiger partial charge in [-0.1, -0.05) is 23.2 Å². The third-order valence-corrected chi connectivity index (χ3v) is 5.03. The normalized spacial score (nSPS) is 17.5. The Bertz CT molecular complexity index is 959. The van der Waals surface area contributed by atoms with Crippen LogP contribution >= 0.6 is 23.2 Å². The number of hydrogen-bond donors (Lipinski definition) is 2. The molecule has 4 rings (SSSR count). The summed E-state index contributed by atoms with van der Waals surface area (Å²) in [6.45, 7) is 1.40. The summed E-state index contributed by atoms with van der Waals surface area (Å²) in [5.41, 5.74) is 1.97. The molecule has 2 aromatic heterocycles. The molecule has 3 heterocycles. The highest BCUT2D eigenvalue weighted by Crippen LogP contribution is 2.29. The molecule has 1 fully saturated rings. The quantitative estimate of drug-likeness (QED) is 0.714. The number of piperidine rings is 1. The van der Waals surface area contributed by atoms with E-state index >= 15 is 0 Å². The summed E-state index contributed by atoms with van der Waals surface area (Å²) in [6, 6.07) is 5.02. The Kier molecular flexibility index (Phi) is 4.65. The number of benzene rings is 1. The van der Waals surface area contributed by atoms with Crippen molar-refractivity contribution >= 4 is 51.8 Å². The van der Waals surface area contributed by atoms with E-state index in [9.17, 15) is 4.79 Å². The van der Waals surface area contributed by atoms with Crippen LogP contribution in [-0.2, 0) is 4.79 Å². The summed E-state index contributed by atoms with van der Waals surface area (Å²) in [5.74, 6) is 0.548. The molecule has 1 aliphatic rings. The lowest BCUT2D eigenvalue weighted by molar-refractivity contribution is -0.120. The van der Waals surface area contributed by atoms with Gasteiger partial charge in [0.1, 0.15) is 11.8 Å². The molecule has 26 heavy (non-hydrogen) atoms. The Labute approximate surface area is 159 Å². The van der Waals surface area contributed by atoms with Gasteiger partial charge in [0.25, 0.3) is 0 Å². The Hall–Kier alpha value is -2.38. The van der Waals surface area contributed by atoms with Gasteiger partial charge in [-0.2, -0.15) is 0 Å². The maximum Gasteiger partial charge on any atom is 0.229 e. The number of carbonyl (C=O) groups is 1. The molecule has 0 bridgehead atoms. The molecule has 1 saturated heterocycles. The van der Waals surface area contributed by atoms with Gasteiger partial charge in [0.05, 0.1) is 23.0 Å². The van der Waals surface area contributed by atoms with E-state index in [4.69, 9.17) is 23.2 Å². The number of rotatable bonds is 3. The van der Waals surface area contributed by atoms with Gasteiger partial charge >= 0.3 is 0 Å². The molecule has 1 atom stereocenters. The topological polar surface area (TPSA) is 86.8 Å². The number of nitrogens with zero attached hydrogens (tertiary/aromatic N) is 4. The molecule has 0 spiro atoms. The molecule has 1 aliphatic heterocycles. The lowest BCUT2D eigenvalue weighted by atomic mass is 9.97. The van der Waals surface area contributed by atoms with Gasteiger partial charge in [-0.3, -0.25) is 4.79 Å². The predicted molar refractivity (Wildman–Crippen MR) is 102 cm³/mol. The van der Waals surface area contributed by atoms with Crippen molar-refractivity contribution in [1.29, 1.82) is 0 Å². The zero-order chi connectivity index (χ0) is 18.1. The summed E-state index contributed by atoms with van der Waals surface area (Å²) in [5, 5.41) is 3.86. The summed E-state index contributed by atoms with van der Waals surface area (Å²) in [6.07, 6.45) is 4.80. The second kappa shape index (κ2) is 7.09. The smallest absolute Gasteiger partial charge is 0.229 e. The van der Waals surface area contributed by atoms with Crippen LogP contribution in [0.3, 0.4) is 0 Å². The summed E-state index contributed by atoms with van der Waals surface area (Å²) in [7, 11) is 0. The molecule has 134 valence electrons. The van der Waals surface area contributed by atoms with E-state index in [1.807, 2.05) is 0 Å². The second-order valence-electron chi connectivity index (χ2n) is 6.20. The van der Waals surface area contributed by atoms with Crippen LogP contribution in [0.5, 0.6) is 0 Å². The molecule has 9 heteroatoms. The number of aromatic amines is 1. The molecule has 2 N–H and O–H groups in total. The molecule has 0 radical (unpaired) electrons. The number of fused-ring (bicyclic) bond motifs is 1. The van der Waals surface area contributed by atoms with E-state index in [0.29, 0.717) is 27.9 Å². The zero-order valence-corrected chi connectivity index (χ0v) is 15.3. The summed E-state index contributed by atoms with van der Waals surface area (Å²) in [4.78, 5) is 30.6. The second-order valence-corrected chi connectivity index (χ2v) is 7.04. The van der Waals surface area contributed by atoms with E-state index in [-0.39, 0.29) is 11.8 Å². The van der Waals surface area contributed by atoms with Gasteiger partial charge in [0.15, 0.2) is 11.5 Å². The number of amides is 1. The van der Waals surface area contributed by atoms with Crippen molar-refractivity contribution in [2.24, 2.45) is 5.92 Å². The van der Waals surface area contributed by atoms with Crippen LogP contribution in [0.4, 0.5) is 11.5 Å². The molecular weight excluding hydrogens is 375 g/mol. The van der Waals surface area contributed by atoms with E-state index in [1.54, 1.807) is 24.5 Å². The number of H-pyrrole nitrogens is 1. The highest BCUT2D eigenvalue weighted by molar-refractivity contribution is 6.36. The number of carbonyl (C=O) groups excluding carboxylic acids is 1. The van der Waals surface area contributed by atoms with Gasteiger partial charge in [-0.05, 0) is 31.0 Å². The first kappa shape index (κ1) is 17.1. The molecule has 3 aromatic rings. The van der Waals surface area contributed by atoms with Crippen LogP contribution in [-0.4, -0.2) is 38.9 Å². The maximum atomic E-state index is 12.7. The fourth-order valence-electron chi connectivity index (χ4n) is 3.20. The number of imidazole rings is 1. The minimum Gasteiger partial charge on any atom is -0.354 e. The van der Waals surface area contributed by atoms with Gasteiger partial charge in [-0.15, -0.1) is 0 Å². The zero-order valence-electron chi connectivity index (χ0n) is 13.7. The highest BCUT2D eigenvalue weighted by atomic mass is 35.5. The molecule has 1 unspecified atom stereocenters. The van der Waals surface area contributed by atoms with E-state index in [1.165, 1.54) is 6.33 Å². The first-order chi connectivity index (χ1) is 12.6. The largest absolute Gasteiger partial charge is 0.354 e. The first-order valence-electron chi connectivity index (χ1n) is 8.27. The lowest BCUT2D eigenvalue weighted by Crippen LogP contribution is -2.41. The summed E-state index contributed by atoms with van der Waals surface area (Å²) < 4.78 is 0. The first-order valence-corrected chi connectivity index (χ1v) is 9.02. The van der Waals surface area contributed by atoms with Gasteiger partial charge in [0, 0.05) is 18.1 Å². The standard InChI is InChI=1S/C17H16Cl2N6O/c18-11-3-4-13(12(19)6-11)24-17(26)10-2-1-5-25(7-10)16-14-15(21-8-20-14)22-9-23-16/h3-4,6,8-10H,1-2,5,7H2,(H,24,26)(H,20,21,22,23). The van der Waals surface area contributed by atoms with Crippen LogP contribution in [0.1, 0.15) is 12.8 Å². The van der Waals surface area contributed by atoms with Gasteiger partial charge in [-0.25, -0.2) is 15.0 Å². The van der Waals surface area contributed by atoms with Crippen molar-refractivity contribution in [2.45, 2.75) is 12.8 Å². The average molecular weight is 391 g/mol. The Morgan fingerprint density at radius 2 is 2.15 bits per heavy atom. The molecular formula is C17H16Cl2N6O. The minimum atomic E-state index is -0.163. The maximum absolute atomic E-state index is 12.7. The third kappa shape index (κ3) is 3.32. The van der Waals surface area contributed by atoms with Gasteiger partial charge < -0.3 is 15.2 Å². The number of halogens is 2. The number of anilines is 2. The molecule has 1 aromatic carbocycles. The highest BCUT2D eigenvalue weighted by Gasteiger charge is 2.28. The van der Waals surface area contributed by atoms with Crippen LogP contribution in [0.2, 0.25) is 10.0 Å². The van der Waals surface area contributed by atoms with E-state index < -0.39 is 0 Å². The van der Waals surface area contributed by atoms with Gasteiger partial charge in [0.2, 0.25) is 5.91 Å². The minimum absolute atomic E-state index is 0.0613.